The molecule has 0 aromatic heterocycles. The summed E-state index contributed by atoms with van der Waals surface area (Å²) in [7, 11) is 0. The summed E-state index contributed by atoms with van der Waals surface area (Å²) >= 11 is 0. The van der Waals surface area contributed by atoms with Crippen molar-refractivity contribution in [2.75, 3.05) is 26.3 Å². The summed E-state index contributed by atoms with van der Waals surface area (Å²) in [6.07, 6.45) is 0. The number of morpholine rings is 1. The molecule has 1 aliphatic heterocycles. The lowest BCUT2D eigenvalue weighted by Gasteiger charge is -2.36. The first-order chi connectivity index (χ1) is 6.11. The van der Waals surface area contributed by atoms with E-state index in [0.29, 0.717) is 19.1 Å². The molecular weight excluding hydrogens is 170 g/mol. The molecule has 13 heavy (non-hydrogen) atoms. The van der Waals surface area contributed by atoms with Crippen molar-refractivity contribution < 1.29 is 14.6 Å². The Morgan fingerprint density at radius 3 is 2.92 bits per heavy atom. The minimum atomic E-state index is -0.757. The van der Waals surface area contributed by atoms with Crippen LogP contribution in [-0.2, 0) is 9.53 Å². The minimum Gasteiger partial charge on any atom is -0.480 e. The normalized spacial score (nSPS) is 25.0. The summed E-state index contributed by atoms with van der Waals surface area (Å²) in [6.45, 7) is 6.35. The van der Waals surface area contributed by atoms with Gasteiger partial charge in [0.1, 0.15) is 0 Å². The van der Waals surface area contributed by atoms with E-state index in [2.05, 4.69) is 13.8 Å². The Morgan fingerprint density at radius 2 is 2.38 bits per heavy atom. The van der Waals surface area contributed by atoms with E-state index in [1.807, 2.05) is 4.90 Å². The molecule has 4 heteroatoms. The van der Waals surface area contributed by atoms with Crippen molar-refractivity contribution in [1.29, 1.82) is 0 Å². The highest BCUT2D eigenvalue weighted by Crippen LogP contribution is 2.14. The number of carbonyl (C=O) groups is 1. The smallest absolute Gasteiger partial charge is 0.317 e. The van der Waals surface area contributed by atoms with Crippen LogP contribution in [0, 0.1) is 5.92 Å². The van der Waals surface area contributed by atoms with Gasteiger partial charge in [-0.2, -0.15) is 0 Å². The molecule has 0 amide bonds. The Hall–Kier alpha value is -0.610. The second-order valence-electron chi connectivity index (χ2n) is 3.75. The monoisotopic (exact) mass is 187 g/mol. The van der Waals surface area contributed by atoms with Crippen LogP contribution in [0.15, 0.2) is 0 Å². The van der Waals surface area contributed by atoms with Crippen LogP contribution in [0.25, 0.3) is 0 Å². The van der Waals surface area contributed by atoms with E-state index < -0.39 is 5.97 Å². The van der Waals surface area contributed by atoms with Gasteiger partial charge in [-0.3, -0.25) is 9.69 Å². The fourth-order valence-electron chi connectivity index (χ4n) is 1.64. The largest absolute Gasteiger partial charge is 0.480 e. The molecule has 1 atom stereocenters. The number of rotatable bonds is 3. The number of aliphatic carboxylic acids is 1. The standard InChI is InChI=1S/C9H17NO3/c1-7(2)8-6-13-4-3-10(8)5-9(11)12/h7-8H,3-6H2,1-2H3,(H,11,12)/t8-/m0/s1. The third kappa shape index (κ3) is 2.97. The molecule has 0 spiro atoms. The summed E-state index contributed by atoms with van der Waals surface area (Å²) < 4.78 is 5.32. The number of hydrogen-bond donors (Lipinski definition) is 1. The number of nitrogens with zero attached hydrogens (tertiary/aromatic N) is 1. The lowest BCUT2D eigenvalue weighted by Crippen LogP contribution is -2.50. The van der Waals surface area contributed by atoms with Gasteiger partial charge in [-0.15, -0.1) is 0 Å². The van der Waals surface area contributed by atoms with Crippen LogP contribution in [0.2, 0.25) is 0 Å². The second-order valence-corrected chi connectivity index (χ2v) is 3.75. The Morgan fingerprint density at radius 1 is 1.69 bits per heavy atom. The van der Waals surface area contributed by atoms with Gasteiger partial charge in [0, 0.05) is 12.6 Å². The van der Waals surface area contributed by atoms with Crippen LogP contribution >= 0.6 is 0 Å². The zero-order valence-corrected chi connectivity index (χ0v) is 8.19. The predicted octanol–water partition coefficient (Wildman–Crippen LogP) is 0.428. The first-order valence-electron chi connectivity index (χ1n) is 4.65. The fraction of sp³-hybridized carbons (Fsp3) is 0.889. The van der Waals surface area contributed by atoms with Crippen molar-refractivity contribution in [3.05, 3.63) is 0 Å². The van der Waals surface area contributed by atoms with Crippen LogP contribution in [0.5, 0.6) is 0 Å². The minimum absolute atomic E-state index is 0.131. The summed E-state index contributed by atoms with van der Waals surface area (Å²) in [5.41, 5.74) is 0. The highest BCUT2D eigenvalue weighted by molar-refractivity contribution is 5.69. The van der Waals surface area contributed by atoms with Crippen molar-refractivity contribution in [2.45, 2.75) is 19.9 Å². The SMILES string of the molecule is CC(C)[C@@H]1COCCN1CC(=O)O. The van der Waals surface area contributed by atoms with Crippen LogP contribution < -0.4 is 0 Å². The molecule has 0 aliphatic carbocycles. The highest BCUT2D eigenvalue weighted by Gasteiger charge is 2.26. The number of ether oxygens (including phenoxy) is 1. The molecule has 0 radical (unpaired) electrons. The maximum absolute atomic E-state index is 10.6. The molecule has 0 bridgehead atoms. The molecule has 4 nitrogen and oxygen atoms in total. The van der Waals surface area contributed by atoms with Gasteiger partial charge in [0.05, 0.1) is 19.8 Å². The molecule has 1 rings (SSSR count). The summed E-state index contributed by atoms with van der Waals surface area (Å²) in [5.74, 6) is -0.313. The van der Waals surface area contributed by atoms with Crippen molar-refractivity contribution >= 4 is 5.97 Å². The average Bonchev–Trinajstić information content (AvgIpc) is 2.03. The average molecular weight is 187 g/mol. The summed E-state index contributed by atoms with van der Waals surface area (Å²) in [6, 6.07) is 0.254. The molecule has 0 aromatic carbocycles. The van der Waals surface area contributed by atoms with Crippen LogP contribution in [-0.4, -0.2) is 48.3 Å². The summed E-state index contributed by atoms with van der Waals surface area (Å²) in [5, 5.41) is 8.68. The van der Waals surface area contributed by atoms with Gasteiger partial charge in [-0.25, -0.2) is 0 Å². The zero-order chi connectivity index (χ0) is 9.84. The van der Waals surface area contributed by atoms with Crippen LogP contribution in [0.1, 0.15) is 13.8 Å². The first-order valence-corrected chi connectivity index (χ1v) is 4.65. The van der Waals surface area contributed by atoms with E-state index in [4.69, 9.17) is 9.84 Å². The second kappa shape index (κ2) is 4.58. The summed E-state index contributed by atoms with van der Waals surface area (Å²) in [4.78, 5) is 12.5. The molecule has 0 saturated carbocycles. The third-order valence-corrected chi connectivity index (χ3v) is 2.39. The lowest BCUT2D eigenvalue weighted by atomic mass is 10.0. The third-order valence-electron chi connectivity index (χ3n) is 2.39. The number of carboxylic acids is 1. The molecule has 1 fully saturated rings. The van der Waals surface area contributed by atoms with Crippen molar-refractivity contribution in [3.63, 3.8) is 0 Å². The van der Waals surface area contributed by atoms with Crippen molar-refractivity contribution in [3.8, 4) is 0 Å². The number of carboxylic acid groups (broad SMARTS) is 1. The molecule has 0 unspecified atom stereocenters. The fourth-order valence-corrected chi connectivity index (χ4v) is 1.64. The van der Waals surface area contributed by atoms with Crippen molar-refractivity contribution in [2.24, 2.45) is 5.92 Å². The van der Waals surface area contributed by atoms with E-state index in [1.165, 1.54) is 0 Å². The van der Waals surface area contributed by atoms with Crippen molar-refractivity contribution in [1.82, 2.24) is 4.90 Å². The lowest BCUT2D eigenvalue weighted by molar-refractivity contribution is -0.141. The van der Waals surface area contributed by atoms with Crippen LogP contribution in [0.4, 0.5) is 0 Å². The Balaban J connectivity index is 2.51. The van der Waals surface area contributed by atoms with Gasteiger partial charge < -0.3 is 9.84 Å². The van der Waals surface area contributed by atoms with E-state index in [9.17, 15) is 4.79 Å². The molecule has 1 N–H and O–H groups in total. The van der Waals surface area contributed by atoms with Gasteiger partial charge in [0.15, 0.2) is 0 Å². The zero-order valence-electron chi connectivity index (χ0n) is 8.19. The van der Waals surface area contributed by atoms with Gasteiger partial charge >= 0.3 is 5.97 Å². The molecule has 0 aromatic rings. The molecule has 1 heterocycles. The quantitative estimate of drug-likeness (QED) is 0.696. The molecule has 1 aliphatic rings. The number of hydrogen-bond acceptors (Lipinski definition) is 3. The first kappa shape index (κ1) is 10.5. The molecular formula is C9H17NO3. The Kier molecular flexibility index (Phi) is 3.69. The maximum atomic E-state index is 10.6. The van der Waals surface area contributed by atoms with E-state index in [1.54, 1.807) is 0 Å². The molecule has 76 valence electrons. The topological polar surface area (TPSA) is 49.8 Å². The Labute approximate surface area is 78.5 Å². The Bertz CT molecular complexity index is 182. The van der Waals surface area contributed by atoms with Gasteiger partial charge in [-0.05, 0) is 5.92 Å². The predicted molar refractivity (Wildman–Crippen MR) is 48.7 cm³/mol. The highest BCUT2D eigenvalue weighted by atomic mass is 16.5. The van der Waals surface area contributed by atoms with E-state index in [0.717, 1.165) is 6.54 Å². The van der Waals surface area contributed by atoms with Gasteiger partial charge in [0.2, 0.25) is 0 Å². The van der Waals surface area contributed by atoms with Gasteiger partial charge in [0.25, 0.3) is 0 Å². The maximum Gasteiger partial charge on any atom is 0.317 e. The van der Waals surface area contributed by atoms with Crippen LogP contribution in [0.3, 0.4) is 0 Å². The molecule has 1 saturated heterocycles. The van der Waals surface area contributed by atoms with Gasteiger partial charge in [-0.1, -0.05) is 13.8 Å². The van der Waals surface area contributed by atoms with E-state index >= 15 is 0 Å². The van der Waals surface area contributed by atoms with E-state index in [-0.39, 0.29) is 12.6 Å².